The van der Waals surface area contributed by atoms with Crippen LogP contribution in [-0.2, 0) is 17.1 Å². The first-order valence-corrected chi connectivity index (χ1v) is 12.5. The summed E-state index contributed by atoms with van der Waals surface area (Å²) >= 11 is 3.39. The third-order valence-electron chi connectivity index (χ3n) is 5.36. The topological polar surface area (TPSA) is 45.7 Å². The number of thioether (sulfide) groups is 1. The summed E-state index contributed by atoms with van der Waals surface area (Å²) in [6.45, 7) is 4.22. The smallest absolute Gasteiger partial charge is 0.232 e. The van der Waals surface area contributed by atoms with Crippen molar-refractivity contribution in [1.29, 1.82) is 0 Å². The molecule has 1 aliphatic rings. The molecule has 5 nitrogen and oxygen atoms in total. The van der Waals surface area contributed by atoms with E-state index in [0.29, 0.717) is 5.75 Å². The Morgan fingerprint density at radius 3 is 2.47 bits per heavy atom. The van der Waals surface area contributed by atoms with Gasteiger partial charge in [-0.15, -0.1) is 35.5 Å². The number of ether oxygens (including phenoxy) is 1. The Bertz CT molecular complexity index is 974. The molecule has 170 valence electrons. The second-order valence-electron chi connectivity index (χ2n) is 7.49. The van der Waals surface area contributed by atoms with E-state index in [1.54, 1.807) is 30.2 Å². The molecule has 1 aromatic heterocycles. The van der Waals surface area contributed by atoms with Crippen molar-refractivity contribution < 1.29 is 9.53 Å². The van der Waals surface area contributed by atoms with Gasteiger partial charge in [0.2, 0.25) is 5.91 Å². The predicted octanol–water partition coefficient (Wildman–Crippen LogP) is 4.82. The first-order valence-electron chi connectivity index (χ1n) is 10.4. The molecule has 0 atom stereocenters. The molecule has 8 heteroatoms. The van der Waals surface area contributed by atoms with Crippen LogP contribution in [-0.4, -0.2) is 59.7 Å². The monoisotopic (exact) mass is 489 g/mol. The Morgan fingerprint density at radius 1 is 1.06 bits per heavy atom. The molecule has 0 spiro atoms. The van der Waals surface area contributed by atoms with Gasteiger partial charge in [0.1, 0.15) is 10.8 Å². The number of piperazine rings is 1. The number of thiazole rings is 1. The van der Waals surface area contributed by atoms with E-state index in [1.165, 1.54) is 5.56 Å². The molecule has 1 saturated heterocycles. The molecule has 0 N–H and O–H groups in total. The Balaban J connectivity index is 0.00000289. The van der Waals surface area contributed by atoms with Crippen LogP contribution in [0.1, 0.15) is 10.6 Å². The molecule has 0 bridgehead atoms. The van der Waals surface area contributed by atoms with Crippen LogP contribution in [0.3, 0.4) is 0 Å². The van der Waals surface area contributed by atoms with Crippen molar-refractivity contribution in [3.63, 3.8) is 0 Å². The summed E-state index contributed by atoms with van der Waals surface area (Å²) in [5.41, 5.74) is 3.38. The third kappa shape index (κ3) is 6.72. The maximum absolute atomic E-state index is 12.5. The van der Waals surface area contributed by atoms with Gasteiger partial charge in [-0.3, -0.25) is 9.69 Å². The molecule has 2 heterocycles. The van der Waals surface area contributed by atoms with E-state index in [1.807, 2.05) is 47.4 Å². The molecule has 1 amide bonds. The number of halogens is 1. The number of methoxy groups -OCH3 is 1. The molecular weight excluding hydrogens is 462 g/mol. The fraction of sp³-hybridized carbons (Fsp3) is 0.333. The van der Waals surface area contributed by atoms with Crippen molar-refractivity contribution in [2.45, 2.75) is 12.3 Å². The lowest BCUT2D eigenvalue weighted by Crippen LogP contribution is -2.48. The normalized spacial score (nSPS) is 14.1. The van der Waals surface area contributed by atoms with Crippen molar-refractivity contribution in [3.8, 4) is 17.0 Å². The highest BCUT2D eigenvalue weighted by molar-refractivity contribution is 7.99. The highest BCUT2D eigenvalue weighted by atomic mass is 35.5. The number of nitrogens with zero attached hydrogens (tertiary/aromatic N) is 3. The minimum Gasteiger partial charge on any atom is -0.497 e. The van der Waals surface area contributed by atoms with Gasteiger partial charge in [0.25, 0.3) is 0 Å². The van der Waals surface area contributed by atoms with Gasteiger partial charge in [0.05, 0.1) is 25.1 Å². The molecule has 3 aromatic rings. The highest BCUT2D eigenvalue weighted by Crippen LogP contribution is 2.25. The van der Waals surface area contributed by atoms with Crippen LogP contribution in [0.5, 0.6) is 5.75 Å². The summed E-state index contributed by atoms with van der Waals surface area (Å²) < 4.78 is 5.22. The Hall–Kier alpha value is -2.06. The second-order valence-corrected chi connectivity index (χ2v) is 9.42. The zero-order chi connectivity index (χ0) is 21.5. The van der Waals surface area contributed by atoms with Gasteiger partial charge < -0.3 is 9.64 Å². The van der Waals surface area contributed by atoms with Crippen molar-refractivity contribution in [2.75, 3.05) is 39.0 Å². The minimum atomic E-state index is 0. The number of hydrogen-bond acceptors (Lipinski definition) is 6. The van der Waals surface area contributed by atoms with Gasteiger partial charge >= 0.3 is 0 Å². The molecule has 32 heavy (non-hydrogen) atoms. The Kier molecular flexibility index (Phi) is 9.41. The van der Waals surface area contributed by atoms with Gasteiger partial charge in [-0.1, -0.05) is 30.3 Å². The van der Waals surface area contributed by atoms with Crippen molar-refractivity contribution >= 4 is 41.4 Å². The first-order chi connectivity index (χ1) is 15.2. The quantitative estimate of drug-likeness (QED) is 0.454. The maximum Gasteiger partial charge on any atom is 0.232 e. The largest absolute Gasteiger partial charge is 0.497 e. The molecular formula is C24H28ClN3O2S2. The van der Waals surface area contributed by atoms with Gasteiger partial charge in [-0.2, -0.15) is 0 Å². The van der Waals surface area contributed by atoms with E-state index in [9.17, 15) is 4.79 Å². The van der Waals surface area contributed by atoms with E-state index in [-0.39, 0.29) is 18.3 Å². The summed E-state index contributed by atoms with van der Waals surface area (Å²) in [7, 11) is 1.67. The van der Waals surface area contributed by atoms with Crippen LogP contribution < -0.4 is 4.74 Å². The van der Waals surface area contributed by atoms with Crippen LogP contribution in [0.2, 0.25) is 0 Å². The van der Waals surface area contributed by atoms with Crippen LogP contribution in [0, 0.1) is 0 Å². The zero-order valence-corrected chi connectivity index (χ0v) is 20.6. The maximum atomic E-state index is 12.5. The van der Waals surface area contributed by atoms with Gasteiger partial charge in [0.15, 0.2) is 0 Å². The number of aromatic nitrogens is 1. The van der Waals surface area contributed by atoms with E-state index >= 15 is 0 Å². The van der Waals surface area contributed by atoms with Crippen molar-refractivity contribution in [1.82, 2.24) is 14.8 Å². The summed E-state index contributed by atoms with van der Waals surface area (Å²) in [5.74, 6) is 2.53. The SMILES string of the molecule is COc1ccc(-c2csc(CN3CCN(C(=O)CSCc4ccccc4)CC3)n2)cc1.Cl. The number of rotatable bonds is 8. The number of carbonyl (C=O) groups is 1. The van der Waals surface area contributed by atoms with Crippen molar-refractivity contribution in [3.05, 3.63) is 70.5 Å². The molecule has 1 aliphatic heterocycles. The molecule has 1 fully saturated rings. The van der Waals surface area contributed by atoms with Crippen LogP contribution in [0.25, 0.3) is 11.3 Å². The molecule has 0 radical (unpaired) electrons. The van der Waals surface area contributed by atoms with Crippen LogP contribution in [0.4, 0.5) is 0 Å². The summed E-state index contributed by atoms with van der Waals surface area (Å²) in [6, 6.07) is 18.3. The van der Waals surface area contributed by atoms with Gasteiger partial charge in [-0.25, -0.2) is 4.98 Å². The minimum absolute atomic E-state index is 0. The lowest BCUT2D eigenvalue weighted by molar-refractivity contribution is -0.130. The lowest BCUT2D eigenvalue weighted by Gasteiger charge is -2.34. The number of amides is 1. The molecule has 0 unspecified atom stereocenters. The van der Waals surface area contributed by atoms with Gasteiger partial charge in [-0.05, 0) is 29.8 Å². The average molecular weight is 490 g/mol. The second kappa shape index (κ2) is 12.3. The standard InChI is InChI=1S/C24H27N3O2S2.ClH/c1-29-21-9-7-20(8-10-21)22-17-31-23(25-22)15-26-11-13-27(14-12-26)24(28)18-30-16-19-5-3-2-4-6-19;/h2-10,17H,11-16,18H2,1H3;1H. The zero-order valence-electron chi connectivity index (χ0n) is 18.1. The Morgan fingerprint density at radius 2 is 1.78 bits per heavy atom. The highest BCUT2D eigenvalue weighted by Gasteiger charge is 2.21. The summed E-state index contributed by atoms with van der Waals surface area (Å²) in [5, 5.41) is 3.23. The number of carbonyl (C=O) groups excluding carboxylic acids is 1. The van der Waals surface area contributed by atoms with Crippen LogP contribution in [0.15, 0.2) is 60.0 Å². The molecule has 0 aliphatic carbocycles. The molecule has 4 rings (SSSR count). The van der Waals surface area contributed by atoms with E-state index in [2.05, 4.69) is 22.4 Å². The first kappa shape index (κ1) is 24.6. The molecule has 0 saturated carbocycles. The summed E-state index contributed by atoms with van der Waals surface area (Å²) in [6.07, 6.45) is 0. The summed E-state index contributed by atoms with van der Waals surface area (Å²) in [4.78, 5) is 21.7. The van der Waals surface area contributed by atoms with E-state index < -0.39 is 0 Å². The third-order valence-corrected chi connectivity index (χ3v) is 7.18. The predicted molar refractivity (Wildman–Crippen MR) is 136 cm³/mol. The number of hydrogen-bond donors (Lipinski definition) is 0. The van der Waals surface area contributed by atoms with Crippen LogP contribution >= 0.6 is 35.5 Å². The fourth-order valence-corrected chi connectivity index (χ4v) is 5.28. The average Bonchev–Trinajstić information content (AvgIpc) is 3.29. The fourth-order valence-electron chi connectivity index (χ4n) is 3.55. The van der Waals surface area contributed by atoms with Gasteiger partial charge in [0, 0.05) is 42.9 Å². The van der Waals surface area contributed by atoms with E-state index in [0.717, 1.165) is 60.5 Å². The Labute approximate surface area is 204 Å². The lowest BCUT2D eigenvalue weighted by atomic mass is 10.2. The van der Waals surface area contributed by atoms with E-state index in [4.69, 9.17) is 9.72 Å². The number of benzene rings is 2. The van der Waals surface area contributed by atoms with Crippen molar-refractivity contribution in [2.24, 2.45) is 0 Å². The molecule has 2 aromatic carbocycles.